The zero-order valence-electron chi connectivity index (χ0n) is 15.9. The maximum atomic E-state index is 11.1. The molecule has 0 fully saturated rings. The molecule has 4 rings (SSSR count). The molecule has 28 heavy (non-hydrogen) atoms. The number of aliphatic hydroxyl groups excluding tert-OH is 1. The van der Waals surface area contributed by atoms with E-state index >= 15 is 0 Å². The first-order valence-electron chi connectivity index (χ1n) is 9.19. The zero-order valence-corrected chi connectivity index (χ0v) is 17.6. The van der Waals surface area contributed by atoms with Crippen LogP contribution in [0.15, 0.2) is 88.7 Å². The Morgan fingerprint density at radius 1 is 0.750 bits per heavy atom. The first-order chi connectivity index (χ1) is 13.7. The third kappa shape index (κ3) is 3.83. The molecule has 3 heteroatoms. The van der Waals surface area contributed by atoms with Crippen LogP contribution in [0.1, 0.15) is 28.4 Å². The predicted octanol–water partition coefficient (Wildman–Crippen LogP) is 6.80. The number of thioether (sulfide) groups is 2. The highest BCUT2D eigenvalue weighted by Crippen LogP contribution is 2.42. The van der Waals surface area contributed by atoms with Crippen LogP contribution < -0.4 is 0 Å². The molecule has 1 N–H and O–H groups in total. The van der Waals surface area contributed by atoms with Crippen LogP contribution in [0.4, 0.5) is 0 Å². The Morgan fingerprint density at radius 2 is 1.32 bits per heavy atom. The summed E-state index contributed by atoms with van der Waals surface area (Å²) in [6.45, 7) is 0. The molecular weight excluding hydrogens is 380 g/mol. The second-order valence-corrected chi connectivity index (χ2v) is 8.45. The summed E-state index contributed by atoms with van der Waals surface area (Å²) in [7, 11) is 0. The first kappa shape index (κ1) is 19.1. The van der Waals surface area contributed by atoms with Crippen molar-refractivity contribution in [3.8, 4) is 0 Å². The van der Waals surface area contributed by atoms with Crippen molar-refractivity contribution in [1.82, 2.24) is 0 Å². The average molecular weight is 403 g/mol. The fourth-order valence-corrected chi connectivity index (χ4v) is 4.32. The van der Waals surface area contributed by atoms with Crippen LogP contribution in [0.3, 0.4) is 0 Å². The molecule has 0 radical (unpaired) electrons. The molecule has 1 aliphatic rings. The molecule has 0 heterocycles. The van der Waals surface area contributed by atoms with Gasteiger partial charge in [0, 0.05) is 9.79 Å². The Morgan fingerprint density at radius 3 is 1.93 bits per heavy atom. The molecular formula is C25H22OS2. The largest absolute Gasteiger partial charge is 0.384 e. The van der Waals surface area contributed by atoms with E-state index in [0.717, 1.165) is 22.3 Å². The Kier molecular flexibility index (Phi) is 5.77. The van der Waals surface area contributed by atoms with Crippen molar-refractivity contribution in [3.63, 3.8) is 0 Å². The van der Waals surface area contributed by atoms with Gasteiger partial charge in [0.2, 0.25) is 0 Å². The van der Waals surface area contributed by atoms with Crippen molar-refractivity contribution in [1.29, 1.82) is 0 Å². The molecule has 140 valence electrons. The van der Waals surface area contributed by atoms with Crippen LogP contribution in [0.25, 0.3) is 17.2 Å². The Labute approximate surface area is 175 Å². The number of allylic oxidation sites excluding steroid dienone is 2. The molecule has 0 saturated heterocycles. The highest BCUT2D eigenvalue weighted by molar-refractivity contribution is 7.98. The second kappa shape index (κ2) is 8.44. The highest BCUT2D eigenvalue weighted by atomic mass is 32.2. The lowest BCUT2D eigenvalue weighted by Gasteiger charge is -2.14. The van der Waals surface area contributed by atoms with Gasteiger partial charge in [0.25, 0.3) is 0 Å². The van der Waals surface area contributed by atoms with E-state index in [0.29, 0.717) is 0 Å². The van der Waals surface area contributed by atoms with Crippen LogP contribution >= 0.6 is 23.5 Å². The van der Waals surface area contributed by atoms with E-state index < -0.39 is 6.10 Å². The lowest BCUT2D eigenvalue weighted by atomic mass is 9.96. The summed E-state index contributed by atoms with van der Waals surface area (Å²) in [5.41, 5.74) is 6.47. The minimum absolute atomic E-state index is 0.637. The summed E-state index contributed by atoms with van der Waals surface area (Å²) >= 11 is 3.45. The zero-order chi connectivity index (χ0) is 19.5. The standard InChI is InChI=1S/C25H22OS2/c1-27-20-11-7-17(8-12-20)15-19-16-24(23-6-4-3-5-22(19)23)25(26)18-9-13-21(28-2)14-10-18/h3-16,25-26H,1-2H3/b19-15+/t25-/m1/s1. The van der Waals surface area contributed by atoms with Crippen molar-refractivity contribution < 1.29 is 5.11 Å². The van der Waals surface area contributed by atoms with Crippen molar-refractivity contribution in [2.45, 2.75) is 15.9 Å². The fourth-order valence-electron chi connectivity index (χ4n) is 3.50. The summed E-state index contributed by atoms with van der Waals surface area (Å²) in [6.07, 6.45) is 7.83. The summed E-state index contributed by atoms with van der Waals surface area (Å²) < 4.78 is 0. The molecule has 3 aromatic rings. The number of rotatable bonds is 5. The van der Waals surface area contributed by atoms with Gasteiger partial charge in [-0.1, -0.05) is 48.5 Å². The maximum absolute atomic E-state index is 11.1. The summed E-state index contributed by atoms with van der Waals surface area (Å²) in [6, 6.07) is 25.1. The molecule has 3 aromatic carbocycles. The van der Waals surface area contributed by atoms with Gasteiger partial charge in [-0.05, 0) is 82.3 Å². The van der Waals surface area contributed by atoms with Gasteiger partial charge in [-0.15, -0.1) is 23.5 Å². The molecule has 0 spiro atoms. The molecule has 1 nitrogen and oxygen atoms in total. The van der Waals surface area contributed by atoms with Gasteiger partial charge in [0.1, 0.15) is 6.10 Å². The molecule has 0 bridgehead atoms. The van der Waals surface area contributed by atoms with E-state index in [1.807, 2.05) is 18.2 Å². The number of hydrogen-bond donors (Lipinski definition) is 1. The quantitative estimate of drug-likeness (QED) is 0.474. The van der Waals surface area contributed by atoms with Crippen molar-refractivity contribution >= 4 is 40.7 Å². The van der Waals surface area contributed by atoms with Gasteiger partial charge >= 0.3 is 0 Å². The normalized spacial score (nSPS) is 15.4. The van der Waals surface area contributed by atoms with E-state index in [-0.39, 0.29) is 0 Å². The molecule has 0 aliphatic heterocycles. The molecule has 0 aromatic heterocycles. The van der Waals surface area contributed by atoms with Gasteiger partial charge in [-0.2, -0.15) is 0 Å². The molecule has 0 saturated carbocycles. The Hall–Kier alpha value is -2.20. The average Bonchev–Trinajstić information content (AvgIpc) is 3.12. The topological polar surface area (TPSA) is 20.2 Å². The SMILES string of the molecule is CSc1ccc(/C=C2\C=C([C@H](O)c3ccc(SC)cc3)c3ccccc32)cc1. The summed E-state index contributed by atoms with van der Waals surface area (Å²) in [4.78, 5) is 2.46. The maximum Gasteiger partial charge on any atom is 0.105 e. The molecule has 0 unspecified atom stereocenters. The predicted molar refractivity (Wildman–Crippen MR) is 124 cm³/mol. The molecule has 1 atom stereocenters. The lowest BCUT2D eigenvalue weighted by Crippen LogP contribution is -1.99. The van der Waals surface area contributed by atoms with Crippen LogP contribution in [0.2, 0.25) is 0 Å². The number of fused-ring (bicyclic) bond motifs is 1. The van der Waals surface area contributed by atoms with E-state index in [9.17, 15) is 5.11 Å². The summed E-state index contributed by atoms with van der Waals surface area (Å²) in [5.74, 6) is 0. The number of aliphatic hydroxyl groups is 1. The van der Waals surface area contributed by atoms with Crippen LogP contribution in [0, 0.1) is 0 Å². The number of benzene rings is 3. The van der Waals surface area contributed by atoms with Gasteiger partial charge < -0.3 is 5.11 Å². The van der Waals surface area contributed by atoms with Crippen LogP contribution in [0.5, 0.6) is 0 Å². The minimum atomic E-state index is -0.637. The molecule has 0 amide bonds. The van der Waals surface area contributed by atoms with Crippen molar-refractivity contribution in [2.75, 3.05) is 12.5 Å². The van der Waals surface area contributed by atoms with E-state index in [1.165, 1.54) is 20.9 Å². The van der Waals surface area contributed by atoms with Gasteiger partial charge in [0.05, 0.1) is 0 Å². The highest BCUT2D eigenvalue weighted by Gasteiger charge is 2.24. The van der Waals surface area contributed by atoms with Crippen molar-refractivity contribution in [2.24, 2.45) is 0 Å². The van der Waals surface area contributed by atoms with Gasteiger partial charge in [-0.25, -0.2) is 0 Å². The monoisotopic (exact) mass is 402 g/mol. The minimum Gasteiger partial charge on any atom is -0.384 e. The van der Waals surface area contributed by atoms with E-state index in [4.69, 9.17) is 0 Å². The smallest absolute Gasteiger partial charge is 0.105 e. The Balaban J connectivity index is 1.72. The summed E-state index contributed by atoms with van der Waals surface area (Å²) in [5, 5.41) is 11.1. The van der Waals surface area contributed by atoms with Gasteiger partial charge in [0.15, 0.2) is 0 Å². The van der Waals surface area contributed by atoms with Crippen molar-refractivity contribution in [3.05, 3.63) is 101 Å². The fraction of sp³-hybridized carbons (Fsp3) is 0.120. The van der Waals surface area contributed by atoms with Crippen LogP contribution in [-0.2, 0) is 0 Å². The third-order valence-electron chi connectivity index (χ3n) is 5.02. The lowest BCUT2D eigenvalue weighted by molar-refractivity contribution is 0.238. The second-order valence-electron chi connectivity index (χ2n) is 6.69. The third-order valence-corrected chi connectivity index (χ3v) is 6.51. The van der Waals surface area contributed by atoms with E-state index in [1.54, 1.807) is 23.5 Å². The van der Waals surface area contributed by atoms with Gasteiger partial charge in [-0.3, -0.25) is 0 Å². The number of hydrogen-bond acceptors (Lipinski definition) is 3. The molecule has 1 aliphatic carbocycles. The Bertz CT molecular complexity index is 1030. The van der Waals surface area contributed by atoms with E-state index in [2.05, 4.69) is 79.3 Å². The van der Waals surface area contributed by atoms with Crippen LogP contribution in [-0.4, -0.2) is 17.6 Å². The first-order valence-corrected chi connectivity index (χ1v) is 11.6.